The highest BCUT2D eigenvalue weighted by molar-refractivity contribution is 6.07. The van der Waals surface area contributed by atoms with E-state index in [2.05, 4.69) is 51.5 Å². The second-order valence-corrected chi connectivity index (χ2v) is 6.99. The van der Waals surface area contributed by atoms with Crippen LogP contribution in [-0.2, 0) is 0 Å². The summed E-state index contributed by atoms with van der Waals surface area (Å²) in [5.41, 5.74) is 7.65. The van der Waals surface area contributed by atoms with Gasteiger partial charge in [0.05, 0.1) is 23.7 Å². The number of amides is 1. The number of hydrogen-bond acceptors (Lipinski definition) is 3. The molecule has 5 rings (SSSR count). The van der Waals surface area contributed by atoms with Crippen molar-refractivity contribution in [2.24, 2.45) is 5.10 Å². The molecule has 1 N–H and O–H groups in total. The lowest BCUT2D eigenvalue weighted by Crippen LogP contribution is -2.16. The molecular formula is C26H19N3O2. The number of nitrogens with one attached hydrogen (secondary N) is 1. The first-order valence-electron chi connectivity index (χ1n) is 9.94. The maximum Gasteiger partial charge on any atom is 0.307 e. The van der Waals surface area contributed by atoms with Crippen molar-refractivity contribution in [2.75, 3.05) is 0 Å². The Hall–Kier alpha value is -4.38. The molecule has 150 valence electrons. The van der Waals surface area contributed by atoms with Crippen LogP contribution in [0.15, 0.2) is 113 Å². The summed E-state index contributed by atoms with van der Waals surface area (Å²) in [6, 6.07) is 31.8. The van der Waals surface area contributed by atoms with Crippen LogP contribution < -0.4 is 5.43 Å². The van der Waals surface area contributed by atoms with E-state index < -0.39 is 5.91 Å². The molecule has 1 amide bonds. The summed E-state index contributed by atoms with van der Waals surface area (Å²) in [5.74, 6) is -0.179. The molecule has 0 saturated heterocycles. The normalized spacial score (nSPS) is 11.2. The minimum atomic E-state index is -0.394. The summed E-state index contributed by atoms with van der Waals surface area (Å²) in [7, 11) is 0. The molecule has 31 heavy (non-hydrogen) atoms. The topological polar surface area (TPSA) is 59.5 Å². The largest absolute Gasteiger partial charge is 0.459 e. The van der Waals surface area contributed by atoms with Crippen molar-refractivity contribution in [3.63, 3.8) is 0 Å². The van der Waals surface area contributed by atoms with Crippen molar-refractivity contribution in [2.45, 2.75) is 0 Å². The number of para-hydroxylation sites is 2. The van der Waals surface area contributed by atoms with E-state index in [1.54, 1.807) is 18.3 Å². The number of benzene rings is 3. The van der Waals surface area contributed by atoms with Gasteiger partial charge in [0.15, 0.2) is 5.76 Å². The molecule has 2 aromatic heterocycles. The van der Waals surface area contributed by atoms with Crippen molar-refractivity contribution >= 4 is 23.0 Å². The van der Waals surface area contributed by atoms with Crippen LogP contribution in [0.5, 0.6) is 0 Å². The van der Waals surface area contributed by atoms with Crippen LogP contribution in [-0.4, -0.2) is 16.7 Å². The molecule has 5 heteroatoms. The van der Waals surface area contributed by atoms with Gasteiger partial charge in [-0.3, -0.25) is 4.79 Å². The Morgan fingerprint density at radius 1 is 0.839 bits per heavy atom. The molecule has 0 saturated carbocycles. The molecule has 0 atom stereocenters. The zero-order valence-electron chi connectivity index (χ0n) is 16.6. The minimum absolute atomic E-state index is 0.215. The molecule has 0 unspecified atom stereocenters. The lowest BCUT2D eigenvalue weighted by atomic mass is 10.1. The highest BCUT2D eigenvalue weighted by Gasteiger charge is 2.18. The van der Waals surface area contributed by atoms with Gasteiger partial charge in [-0.2, -0.15) is 5.10 Å². The Kier molecular flexibility index (Phi) is 4.91. The van der Waals surface area contributed by atoms with Gasteiger partial charge in [-0.1, -0.05) is 66.7 Å². The summed E-state index contributed by atoms with van der Waals surface area (Å²) in [6.45, 7) is 0. The van der Waals surface area contributed by atoms with Gasteiger partial charge < -0.3 is 8.98 Å². The number of carbonyl (C=O) groups excluding carboxylic acids is 1. The van der Waals surface area contributed by atoms with Crippen molar-refractivity contribution in [3.8, 4) is 16.9 Å². The molecule has 0 fully saturated rings. The van der Waals surface area contributed by atoms with Crippen LogP contribution in [0.4, 0.5) is 0 Å². The summed E-state index contributed by atoms with van der Waals surface area (Å²) < 4.78 is 7.36. The molecule has 5 aromatic rings. The van der Waals surface area contributed by atoms with Crippen LogP contribution >= 0.6 is 0 Å². The number of hydrogen-bond donors (Lipinski definition) is 1. The van der Waals surface area contributed by atoms with E-state index in [0.29, 0.717) is 0 Å². The van der Waals surface area contributed by atoms with Gasteiger partial charge in [0.1, 0.15) is 0 Å². The van der Waals surface area contributed by atoms with Crippen LogP contribution in [0.1, 0.15) is 16.1 Å². The molecule has 0 spiro atoms. The third-order valence-electron chi connectivity index (χ3n) is 5.08. The van der Waals surface area contributed by atoms with Gasteiger partial charge in [0.25, 0.3) is 0 Å². The first kappa shape index (κ1) is 18.6. The summed E-state index contributed by atoms with van der Waals surface area (Å²) in [6.07, 6.45) is 3.16. The van der Waals surface area contributed by atoms with Crippen LogP contribution in [0, 0.1) is 0 Å². The van der Waals surface area contributed by atoms with E-state index in [1.807, 2.05) is 48.5 Å². The Bertz CT molecular complexity index is 1350. The minimum Gasteiger partial charge on any atom is -0.459 e. The number of carbonyl (C=O) groups is 1. The zero-order valence-corrected chi connectivity index (χ0v) is 16.6. The Balaban J connectivity index is 1.68. The predicted octanol–water partition coefficient (Wildman–Crippen LogP) is 5.65. The predicted molar refractivity (Wildman–Crippen MR) is 122 cm³/mol. The molecular weight excluding hydrogens is 386 g/mol. The molecule has 2 heterocycles. The van der Waals surface area contributed by atoms with Gasteiger partial charge >= 0.3 is 5.91 Å². The fourth-order valence-corrected chi connectivity index (χ4v) is 3.74. The summed E-state index contributed by atoms with van der Waals surface area (Å²) >= 11 is 0. The van der Waals surface area contributed by atoms with Crippen LogP contribution in [0.25, 0.3) is 27.8 Å². The van der Waals surface area contributed by atoms with E-state index in [9.17, 15) is 4.79 Å². The van der Waals surface area contributed by atoms with Crippen molar-refractivity contribution in [3.05, 3.63) is 115 Å². The Morgan fingerprint density at radius 2 is 1.55 bits per heavy atom. The molecule has 3 aromatic carbocycles. The first-order valence-corrected chi connectivity index (χ1v) is 9.94. The highest BCUT2D eigenvalue weighted by Crippen LogP contribution is 2.35. The molecule has 0 radical (unpaired) electrons. The fourth-order valence-electron chi connectivity index (χ4n) is 3.74. The van der Waals surface area contributed by atoms with Gasteiger partial charge in [0, 0.05) is 16.6 Å². The third-order valence-corrected chi connectivity index (χ3v) is 5.08. The highest BCUT2D eigenvalue weighted by atomic mass is 16.3. The Morgan fingerprint density at radius 3 is 2.29 bits per heavy atom. The van der Waals surface area contributed by atoms with Crippen LogP contribution in [0.2, 0.25) is 0 Å². The van der Waals surface area contributed by atoms with Gasteiger partial charge in [-0.05, 0) is 35.9 Å². The monoisotopic (exact) mass is 405 g/mol. The van der Waals surface area contributed by atoms with E-state index in [4.69, 9.17) is 4.42 Å². The number of hydrazone groups is 1. The maximum absolute atomic E-state index is 12.2. The molecule has 0 aliphatic carbocycles. The lowest BCUT2D eigenvalue weighted by Gasteiger charge is -2.12. The second kappa shape index (κ2) is 8.16. The third kappa shape index (κ3) is 3.53. The van der Waals surface area contributed by atoms with Crippen molar-refractivity contribution < 1.29 is 9.21 Å². The number of nitrogens with zero attached hydrogens (tertiary/aromatic N) is 2. The molecule has 0 aliphatic heterocycles. The van der Waals surface area contributed by atoms with Crippen LogP contribution in [0.3, 0.4) is 0 Å². The van der Waals surface area contributed by atoms with E-state index in [-0.39, 0.29) is 5.76 Å². The van der Waals surface area contributed by atoms with Gasteiger partial charge in [0.2, 0.25) is 0 Å². The lowest BCUT2D eigenvalue weighted by molar-refractivity contribution is 0.0927. The van der Waals surface area contributed by atoms with E-state index in [0.717, 1.165) is 33.4 Å². The SMILES string of the molecule is O=C(N/N=C/c1c(-c2ccccc2)n(-c2ccccc2)c2ccccc12)c1ccco1. The Labute approximate surface area is 179 Å². The van der Waals surface area contributed by atoms with Crippen molar-refractivity contribution in [1.82, 2.24) is 9.99 Å². The number of aromatic nitrogens is 1. The average Bonchev–Trinajstić information content (AvgIpc) is 3.47. The molecule has 0 bridgehead atoms. The maximum atomic E-state index is 12.2. The zero-order chi connectivity index (χ0) is 21.0. The fraction of sp³-hybridized carbons (Fsp3) is 0. The smallest absolute Gasteiger partial charge is 0.307 e. The molecule has 5 nitrogen and oxygen atoms in total. The van der Waals surface area contributed by atoms with Crippen molar-refractivity contribution in [1.29, 1.82) is 0 Å². The summed E-state index contributed by atoms with van der Waals surface area (Å²) in [4.78, 5) is 12.2. The second-order valence-electron chi connectivity index (χ2n) is 6.99. The quantitative estimate of drug-likeness (QED) is 0.303. The summed E-state index contributed by atoms with van der Waals surface area (Å²) in [5, 5.41) is 5.29. The van der Waals surface area contributed by atoms with Gasteiger partial charge in [-0.25, -0.2) is 5.43 Å². The number of rotatable bonds is 5. The number of fused-ring (bicyclic) bond motifs is 1. The van der Waals surface area contributed by atoms with E-state index in [1.165, 1.54) is 6.26 Å². The molecule has 0 aliphatic rings. The standard InChI is InChI=1S/C26H19N3O2/c30-26(24-16-9-17-31-24)28-27-18-22-21-14-7-8-15-23(21)29(20-12-5-2-6-13-20)25(22)19-10-3-1-4-11-19/h1-18H,(H,28,30)/b27-18+. The first-order chi connectivity index (χ1) is 15.3. The average molecular weight is 405 g/mol. The van der Waals surface area contributed by atoms with Gasteiger partial charge in [-0.15, -0.1) is 0 Å². The number of furan rings is 1. The van der Waals surface area contributed by atoms with E-state index >= 15 is 0 Å².